The molecule has 0 aliphatic heterocycles. The van der Waals surface area contributed by atoms with E-state index >= 15 is 0 Å². The molecule has 1 aromatic heterocycles. The molecule has 0 fully saturated rings. The van der Waals surface area contributed by atoms with Gasteiger partial charge in [-0.3, -0.25) is 4.98 Å². The first-order chi connectivity index (χ1) is 5.08. The molecular formula is C7H5Cl3N. The van der Waals surface area contributed by atoms with E-state index in [0.29, 0.717) is 0 Å². The lowest BCUT2D eigenvalue weighted by Gasteiger charge is -2.08. The highest BCUT2D eigenvalue weighted by molar-refractivity contribution is 6.68. The van der Waals surface area contributed by atoms with Gasteiger partial charge in [-0.1, -0.05) is 40.9 Å². The average molecular weight is 209 g/mol. The van der Waals surface area contributed by atoms with Crippen LogP contribution in [-0.2, 0) is 0 Å². The van der Waals surface area contributed by atoms with Gasteiger partial charge in [0.25, 0.3) is 0 Å². The molecule has 0 aliphatic carbocycles. The molecule has 0 N–H and O–H groups in total. The summed E-state index contributed by atoms with van der Waals surface area (Å²) in [7, 11) is 0. The van der Waals surface area contributed by atoms with Gasteiger partial charge in [-0.05, 0) is 11.6 Å². The van der Waals surface area contributed by atoms with E-state index in [9.17, 15) is 0 Å². The fourth-order valence-electron chi connectivity index (χ4n) is 0.650. The van der Waals surface area contributed by atoms with E-state index in [1.165, 1.54) is 6.42 Å². The highest BCUT2D eigenvalue weighted by Crippen LogP contribution is 2.31. The van der Waals surface area contributed by atoms with Gasteiger partial charge in [-0.15, -0.1) is 0 Å². The maximum atomic E-state index is 5.52. The third-order valence-electron chi connectivity index (χ3n) is 1.01. The first-order valence-corrected chi connectivity index (χ1v) is 4.04. The molecule has 1 radical (unpaired) electrons. The van der Waals surface area contributed by atoms with Crippen molar-refractivity contribution >= 4 is 34.8 Å². The molecule has 1 nitrogen and oxygen atoms in total. The molecule has 0 aromatic carbocycles. The molecule has 1 heterocycles. The van der Waals surface area contributed by atoms with Gasteiger partial charge in [-0.25, -0.2) is 0 Å². The van der Waals surface area contributed by atoms with Crippen LogP contribution < -0.4 is 0 Å². The van der Waals surface area contributed by atoms with Gasteiger partial charge in [0.05, 0.1) is 0 Å². The highest BCUT2D eigenvalue weighted by Gasteiger charge is 2.20. The summed E-state index contributed by atoms with van der Waals surface area (Å²) in [6.45, 7) is 0. The second-order valence-electron chi connectivity index (χ2n) is 1.97. The van der Waals surface area contributed by atoms with Crippen molar-refractivity contribution in [3.8, 4) is 0 Å². The summed E-state index contributed by atoms with van der Waals surface area (Å²) in [6, 6.07) is 3.59. The van der Waals surface area contributed by atoms with Crippen molar-refractivity contribution in [3.63, 3.8) is 0 Å². The van der Waals surface area contributed by atoms with E-state index in [0.717, 1.165) is 5.56 Å². The van der Waals surface area contributed by atoms with Crippen LogP contribution in [0, 0.1) is 6.42 Å². The topological polar surface area (TPSA) is 12.9 Å². The molecule has 0 bridgehead atoms. The molecule has 0 atom stereocenters. The maximum absolute atomic E-state index is 5.52. The maximum Gasteiger partial charge on any atom is 0.198 e. The zero-order chi connectivity index (χ0) is 8.32. The van der Waals surface area contributed by atoms with Crippen LogP contribution in [0.15, 0.2) is 24.5 Å². The monoisotopic (exact) mass is 208 g/mol. The number of aromatic nitrogens is 1. The Morgan fingerprint density at radius 1 is 1.36 bits per heavy atom. The fourth-order valence-corrected chi connectivity index (χ4v) is 1.03. The van der Waals surface area contributed by atoms with Crippen molar-refractivity contribution < 1.29 is 0 Å². The second kappa shape index (κ2) is 3.61. The lowest BCUT2D eigenvalue weighted by Crippen LogP contribution is -2.03. The van der Waals surface area contributed by atoms with E-state index < -0.39 is 3.79 Å². The predicted octanol–water partition coefficient (Wildman–Crippen LogP) is 3.00. The van der Waals surface area contributed by atoms with Gasteiger partial charge in [0, 0.05) is 18.8 Å². The van der Waals surface area contributed by atoms with Crippen LogP contribution in [0.4, 0.5) is 0 Å². The summed E-state index contributed by atoms with van der Waals surface area (Å²) in [5, 5.41) is 0. The summed E-state index contributed by atoms with van der Waals surface area (Å²) < 4.78 is -1.34. The van der Waals surface area contributed by atoms with Crippen LogP contribution in [-0.4, -0.2) is 8.78 Å². The Morgan fingerprint density at radius 2 is 2.09 bits per heavy atom. The quantitative estimate of drug-likeness (QED) is 0.648. The number of nitrogens with zero attached hydrogens (tertiary/aromatic N) is 1. The van der Waals surface area contributed by atoms with E-state index in [2.05, 4.69) is 4.98 Å². The lowest BCUT2D eigenvalue weighted by molar-refractivity contribution is 1.21. The average Bonchev–Trinajstić information content (AvgIpc) is 1.85. The third-order valence-corrected chi connectivity index (χ3v) is 1.34. The van der Waals surface area contributed by atoms with Crippen LogP contribution in [0.5, 0.6) is 0 Å². The minimum atomic E-state index is -1.34. The molecule has 1 aromatic rings. The predicted molar refractivity (Wildman–Crippen MR) is 47.9 cm³/mol. The van der Waals surface area contributed by atoms with E-state index in [1.807, 2.05) is 6.07 Å². The number of pyridine rings is 1. The minimum Gasteiger partial charge on any atom is -0.264 e. The molecule has 11 heavy (non-hydrogen) atoms. The summed E-state index contributed by atoms with van der Waals surface area (Å²) in [5.41, 5.74) is 0.799. The Kier molecular flexibility index (Phi) is 2.99. The third kappa shape index (κ3) is 3.80. The van der Waals surface area contributed by atoms with Gasteiger partial charge in [-0.2, -0.15) is 0 Å². The van der Waals surface area contributed by atoms with Crippen LogP contribution in [0.25, 0.3) is 0 Å². The van der Waals surface area contributed by atoms with E-state index in [-0.39, 0.29) is 0 Å². The van der Waals surface area contributed by atoms with Crippen LogP contribution in [0.3, 0.4) is 0 Å². The van der Waals surface area contributed by atoms with Crippen molar-refractivity contribution in [2.24, 2.45) is 0 Å². The zero-order valence-electron chi connectivity index (χ0n) is 5.47. The molecule has 4 heteroatoms. The van der Waals surface area contributed by atoms with Gasteiger partial charge in [0.2, 0.25) is 0 Å². The van der Waals surface area contributed by atoms with Crippen LogP contribution in [0.2, 0.25) is 0 Å². The Bertz CT molecular complexity index is 217. The molecular weight excluding hydrogens is 204 g/mol. The lowest BCUT2D eigenvalue weighted by atomic mass is 10.2. The number of hydrogen-bond acceptors (Lipinski definition) is 1. The zero-order valence-corrected chi connectivity index (χ0v) is 7.74. The first-order valence-electron chi connectivity index (χ1n) is 2.90. The van der Waals surface area contributed by atoms with Crippen LogP contribution in [0.1, 0.15) is 5.56 Å². The molecule has 0 saturated carbocycles. The van der Waals surface area contributed by atoms with Gasteiger partial charge >= 0.3 is 0 Å². The normalized spacial score (nSPS) is 11.5. The summed E-state index contributed by atoms with van der Waals surface area (Å²) in [4.78, 5) is 3.86. The molecule has 59 valence electrons. The Balaban J connectivity index is 2.66. The highest BCUT2D eigenvalue weighted by atomic mass is 35.6. The SMILES string of the molecule is ClC(Cl)(Cl)[CH]c1cccnc1. The van der Waals surface area contributed by atoms with E-state index in [1.54, 1.807) is 18.5 Å². The molecule has 0 saturated heterocycles. The second-order valence-corrected chi connectivity index (χ2v) is 4.34. The van der Waals surface area contributed by atoms with Crippen molar-refractivity contribution in [2.45, 2.75) is 3.79 Å². The standard InChI is InChI=1S/C7H5Cl3N/c8-7(9,10)4-6-2-1-3-11-5-6/h1-5H. The van der Waals surface area contributed by atoms with E-state index in [4.69, 9.17) is 34.8 Å². The van der Waals surface area contributed by atoms with Gasteiger partial charge in [0.15, 0.2) is 3.79 Å². The van der Waals surface area contributed by atoms with Crippen LogP contribution >= 0.6 is 34.8 Å². The Labute approximate surface area is 80.3 Å². The van der Waals surface area contributed by atoms with Gasteiger partial charge < -0.3 is 0 Å². The van der Waals surface area contributed by atoms with Crippen molar-refractivity contribution in [1.82, 2.24) is 4.98 Å². The number of halogens is 3. The van der Waals surface area contributed by atoms with Crippen molar-refractivity contribution in [3.05, 3.63) is 36.5 Å². The minimum absolute atomic E-state index is 0.799. The van der Waals surface area contributed by atoms with Gasteiger partial charge in [0.1, 0.15) is 0 Å². The molecule has 0 aliphatic rings. The smallest absolute Gasteiger partial charge is 0.198 e. The van der Waals surface area contributed by atoms with Crippen molar-refractivity contribution in [2.75, 3.05) is 0 Å². The molecule has 0 amide bonds. The Morgan fingerprint density at radius 3 is 2.55 bits per heavy atom. The fraction of sp³-hybridized carbons (Fsp3) is 0.143. The Hall–Kier alpha value is 0.0200. The molecule has 0 spiro atoms. The molecule has 1 rings (SSSR count). The summed E-state index contributed by atoms with van der Waals surface area (Å²) in [6.07, 6.45) is 4.79. The van der Waals surface area contributed by atoms with Crippen molar-refractivity contribution in [1.29, 1.82) is 0 Å². The molecule has 0 unspecified atom stereocenters. The number of alkyl halides is 3. The summed E-state index contributed by atoms with van der Waals surface area (Å²) in [5.74, 6) is 0. The number of rotatable bonds is 1. The largest absolute Gasteiger partial charge is 0.264 e. The number of hydrogen-bond donors (Lipinski definition) is 0. The first kappa shape index (κ1) is 9.11. The summed E-state index contributed by atoms with van der Waals surface area (Å²) >= 11 is 16.5.